The molecule has 0 aliphatic heterocycles. The van der Waals surface area contributed by atoms with Crippen molar-refractivity contribution in [2.45, 2.75) is 46.9 Å². The summed E-state index contributed by atoms with van der Waals surface area (Å²) in [7, 11) is 0. The summed E-state index contributed by atoms with van der Waals surface area (Å²) in [5.41, 5.74) is 4.29. The van der Waals surface area contributed by atoms with Crippen molar-refractivity contribution in [2.24, 2.45) is 0 Å². The average molecular weight is 469 g/mol. The smallest absolute Gasteiger partial charge is 0.422 e. The second kappa shape index (κ2) is 10.6. The first-order valence-corrected chi connectivity index (χ1v) is 11.2. The molecule has 0 aliphatic rings. The van der Waals surface area contributed by atoms with Gasteiger partial charge in [0.05, 0.1) is 5.56 Å². The van der Waals surface area contributed by atoms with Crippen molar-refractivity contribution in [3.8, 4) is 16.9 Å². The first-order chi connectivity index (χ1) is 16.2. The van der Waals surface area contributed by atoms with Gasteiger partial charge in [0.15, 0.2) is 0 Å². The number of alkyl halides is 3. The standard InChI is InChI=1S/C26H21F3O3.C2H6/c1-3-17-8-10-18(11-9-17)15-22-21-6-4-5-7-23(21)31-25(30)24(22)20-13-12-19(14-16(20)2)32-26(27,28)29;1-2/h4-14H,3,15H2,1-2H3;1-2H3. The maximum Gasteiger partial charge on any atom is 0.573 e. The molecule has 0 saturated heterocycles. The second-order valence-corrected chi connectivity index (χ2v) is 7.61. The van der Waals surface area contributed by atoms with Gasteiger partial charge in [-0.2, -0.15) is 0 Å². The minimum absolute atomic E-state index is 0.333. The van der Waals surface area contributed by atoms with E-state index in [-0.39, 0.29) is 5.75 Å². The van der Waals surface area contributed by atoms with Gasteiger partial charge in [0.2, 0.25) is 0 Å². The average Bonchev–Trinajstić information content (AvgIpc) is 2.81. The van der Waals surface area contributed by atoms with E-state index in [1.807, 2.05) is 38.1 Å². The van der Waals surface area contributed by atoms with Crippen LogP contribution >= 0.6 is 0 Å². The summed E-state index contributed by atoms with van der Waals surface area (Å²) in [6, 6.07) is 19.4. The Morgan fingerprint density at radius 2 is 1.56 bits per heavy atom. The van der Waals surface area contributed by atoms with E-state index >= 15 is 0 Å². The third-order valence-electron chi connectivity index (χ3n) is 5.43. The zero-order valence-corrected chi connectivity index (χ0v) is 19.6. The lowest BCUT2D eigenvalue weighted by molar-refractivity contribution is -0.274. The molecule has 0 atom stereocenters. The molecular weight excluding hydrogens is 441 g/mol. The van der Waals surface area contributed by atoms with Crippen LogP contribution in [0.5, 0.6) is 5.75 Å². The Bertz CT molecular complexity index is 1320. The van der Waals surface area contributed by atoms with E-state index < -0.39 is 12.0 Å². The van der Waals surface area contributed by atoms with Crippen molar-refractivity contribution >= 4 is 11.0 Å². The highest BCUT2D eigenvalue weighted by Gasteiger charge is 2.31. The molecule has 0 unspecified atom stereocenters. The Morgan fingerprint density at radius 3 is 2.18 bits per heavy atom. The molecule has 0 N–H and O–H groups in total. The Morgan fingerprint density at radius 1 is 0.912 bits per heavy atom. The molecule has 34 heavy (non-hydrogen) atoms. The third-order valence-corrected chi connectivity index (χ3v) is 5.43. The Balaban J connectivity index is 0.00000158. The molecule has 1 heterocycles. The molecule has 3 nitrogen and oxygen atoms in total. The summed E-state index contributed by atoms with van der Waals surface area (Å²) in [5, 5.41) is 0.789. The van der Waals surface area contributed by atoms with E-state index in [9.17, 15) is 18.0 Å². The van der Waals surface area contributed by atoms with Gasteiger partial charge in [-0.3, -0.25) is 0 Å². The van der Waals surface area contributed by atoms with E-state index in [0.717, 1.165) is 22.9 Å². The van der Waals surface area contributed by atoms with Gasteiger partial charge in [-0.25, -0.2) is 4.79 Å². The highest BCUT2D eigenvalue weighted by Crippen LogP contribution is 2.34. The van der Waals surface area contributed by atoms with Gasteiger partial charge in [0.1, 0.15) is 11.3 Å². The number of hydrogen-bond acceptors (Lipinski definition) is 3. The van der Waals surface area contributed by atoms with Gasteiger partial charge >= 0.3 is 12.0 Å². The van der Waals surface area contributed by atoms with Gasteiger partial charge in [-0.15, -0.1) is 13.2 Å². The van der Waals surface area contributed by atoms with Gasteiger partial charge in [-0.1, -0.05) is 69.3 Å². The van der Waals surface area contributed by atoms with Gasteiger partial charge in [0, 0.05) is 5.39 Å². The van der Waals surface area contributed by atoms with Crippen LogP contribution in [0.2, 0.25) is 0 Å². The summed E-state index contributed by atoms with van der Waals surface area (Å²) in [4.78, 5) is 13.0. The van der Waals surface area contributed by atoms with E-state index in [1.165, 1.54) is 23.8 Å². The zero-order valence-electron chi connectivity index (χ0n) is 19.6. The van der Waals surface area contributed by atoms with E-state index in [2.05, 4.69) is 23.8 Å². The van der Waals surface area contributed by atoms with Crippen molar-refractivity contribution in [2.75, 3.05) is 0 Å². The minimum Gasteiger partial charge on any atom is -0.422 e. The molecule has 0 amide bonds. The topological polar surface area (TPSA) is 39.4 Å². The SMILES string of the molecule is CC.CCc1ccc(Cc2c(-c3ccc(OC(F)(F)F)cc3C)c(=O)oc3ccccc23)cc1. The fourth-order valence-electron chi connectivity index (χ4n) is 3.88. The normalized spacial score (nSPS) is 11.1. The Labute approximate surface area is 196 Å². The van der Waals surface area contributed by atoms with Crippen LogP contribution in [0.1, 0.15) is 43.0 Å². The monoisotopic (exact) mass is 468 g/mol. The quantitative estimate of drug-likeness (QED) is 0.280. The molecule has 6 heteroatoms. The summed E-state index contributed by atoms with van der Waals surface area (Å²) in [6.07, 6.45) is -3.38. The number of fused-ring (bicyclic) bond motifs is 1. The molecular formula is C28H27F3O3. The largest absolute Gasteiger partial charge is 0.573 e. The van der Waals surface area contributed by atoms with Crippen LogP contribution in [0.15, 0.2) is 75.9 Å². The highest BCUT2D eigenvalue weighted by molar-refractivity contribution is 5.88. The van der Waals surface area contributed by atoms with Crippen molar-refractivity contribution in [3.05, 3.63) is 99.4 Å². The number of rotatable bonds is 5. The van der Waals surface area contributed by atoms with Gasteiger partial charge in [0.25, 0.3) is 0 Å². The lowest BCUT2D eigenvalue weighted by Crippen LogP contribution is -2.17. The molecule has 0 spiro atoms. The van der Waals surface area contributed by atoms with E-state index in [0.29, 0.717) is 28.7 Å². The van der Waals surface area contributed by atoms with Crippen LogP contribution in [-0.4, -0.2) is 6.36 Å². The van der Waals surface area contributed by atoms with E-state index in [1.54, 1.807) is 19.1 Å². The lowest BCUT2D eigenvalue weighted by Gasteiger charge is -2.15. The van der Waals surface area contributed by atoms with Crippen LogP contribution in [0, 0.1) is 6.92 Å². The minimum atomic E-state index is -4.79. The van der Waals surface area contributed by atoms with Crippen molar-refractivity contribution in [1.29, 1.82) is 0 Å². The summed E-state index contributed by atoms with van der Waals surface area (Å²) < 4.78 is 47.4. The zero-order chi connectivity index (χ0) is 24.9. The van der Waals surface area contributed by atoms with Gasteiger partial charge in [-0.05, 0) is 65.8 Å². The summed E-state index contributed by atoms with van der Waals surface area (Å²) in [5.74, 6) is -0.333. The molecule has 178 valence electrons. The van der Waals surface area contributed by atoms with Gasteiger partial charge < -0.3 is 9.15 Å². The molecule has 0 fully saturated rings. The van der Waals surface area contributed by atoms with Crippen molar-refractivity contribution < 1.29 is 22.3 Å². The van der Waals surface area contributed by atoms with Crippen LogP contribution in [0.4, 0.5) is 13.2 Å². The Hall–Kier alpha value is -3.54. The van der Waals surface area contributed by atoms with Crippen LogP contribution < -0.4 is 10.4 Å². The number of para-hydroxylation sites is 1. The molecule has 0 aliphatic carbocycles. The number of benzene rings is 3. The molecule has 0 radical (unpaired) electrons. The number of aryl methyl sites for hydroxylation is 2. The predicted octanol–water partition coefficient (Wildman–Crippen LogP) is 7.85. The summed E-state index contributed by atoms with van der Waals surface area (Å²) >= 11 is 0. The highest BCUT2D eigenvalue weighted by atomic mass is 19.4. The molecule has 4 rings (SSSR count). The molecule has 4 aromatic rings. The van der Waals surface area contributed by atoms with Crippen LogP contribution in [0.3, 0.4) is 0 Å². The molecule has 3 aromatic carbocycles. The molecule has 1 aromatic heterocycles. The molecule has 0 bridgehead atoms. The van der Waals surface area contributed by atoms with Crippen LogP contribution in [0.25, 0.3) is 22.1 Å². The van der Waals surface area contributed by atoms with Crippen molar-refractivity contribution in [3.63, 3.8) is 0 Å². The van der Waals surface area contributed by atoms with E-state index in [4.69, 9.17) is 4.42 Å². The van der Waals surface area contributed by atoms with Crippen LogP contribution in [-0.2, 0) is 12.8 Å². The first kappa shape index (κ1) is 25.1. The number of hydrogen-bond donors (Lipinski definition) is 0. The summed E-state index contributed by atoms with van der Waals surface area (Å²) in [6.45, 7) is 7.73. The maximum absolute atomic E-state index is 13.0. The molecule has 0 saturated carbocycles. The third kappa shape index (κ3) is 5.68. The number of ether oxygens (including phenoxy) is 1. The lowest BCUT2D eigenvalue weighted by atomic mass is 9.91. The predicted molar refractivity (Wildman–Crippen MR) is 129 cm³/mol. The fraction of sp³-hybridized carbons (Fsp3) is 0.250. The van der Waals surface area contributed by atoms with Crippen molar-refractivity contribution in [1.82, 2.24) is 0 Å². The second-order valence-electron chi connectivity index (χ2n) is 7.61. The maximum atomic E-state index is 13.0. The Kier molecular flexibility index (Phi) is 7.82. The number of halogens is 3. The fourth-order valence-corrected chi connectivity index (χ4v) is 3.88. The first-order valence-electron chi connectivity index (χ1n) is 11.2.